The van der Waals surface area contributed by atoms with Crippen LogP contribution >= 0.6 is 0 Å². The molecule has 0 N–H and O–H groups in total. The van der Waals surface area contributed by atoms with Crippen molar-refractivity contribution in [3.05, 3.63) is 0 Å². The first-order chi connectivity index (χ1) is 11.9. The van der Waals surface area contributed by atoms with E-state index in [0.29, 0.717) is 6.42 Å². The van der Waals surface area contributed by atoms with Crippen LogP contribution in [-0.2, 0) is 19.6 Å². The summed E-state index contributed by atoms with van der Waals surface area (Å²) < 4.78 is 36.5. The van der Waals surface area contributed by atoms with Crippen molar-refractivity contribution in [2.45, 2.75) is 116 Å². The van der Waals surface area contributed by atoms with Crippen LogP contribution in [0.15, 0.2) is 0 Å². The first-order valence-corrected chi connectivity index (χ1v) is 11.5. The third kappa shape index (κ3) is 19.2. The molecule has 7 heteroatoms. The Labute approximate surface area is 183 Å². The Morgan fingerprint density at radius 3 is 1.50 bits per heavy atom. The predicted octanol–water partition coefficient (Wildman–Crippen LogP) is 2.30. The second kappa shape index (κ2) is 18.7. The Balaban J connectivity index is 0. The number of ether oxygens (including phenoxy) is 1. The van der Waals surface area contributed by atoms with Gasteiger partial charge in [-0.25, -0.2) is 8.42 Å². The minimum absolute atomic E-state index is 0. The zero-order valence-corrected chi connectivity index (χ0v) is 19.9. The summed E-state index contributed by atoms with van der Waals surface area (Å²) in [5, 5.41) is 0. The summed E-state index contributed by atoms with van der Waals surface area (Å²) in [4.78, 5) is 11.4. The number of esters is 1. The van der Waals surface area contributed by atoms with E-state index in [1.165, 1.54) is 70.6 Å². The van der Waals surface area contributed by atoms with Crippen LogP contribution in [0.25, 0.3) is 0 Å². The van der Waals surface area contributed by atoms with Gasteiger partial charge in [-0.3, -0.25) is 4.79 Å². The molecule has 26 heavy (non-hydrogen) atoms. The molecule has 0 aromatic heterocycles. The maximum atomic E-state index is 11.4. The Morgan fingerprint density at radius 1 is 0.808 bits per heavy atom. The maximum Gasteiger partial charge on any atom is 1.00 e. The standard InChI is InChI=1S/C19H38O5S.Na/c1-3-4-5-6-7-8-9-10-11-12-13-14-15-16-17-19(20)24-18(2)25(21,22)23;/h18H,3-17H2,1-2H3,(H,21,22,23);/q;+1/p-1. The van der Waals surface area contributed by atoms with Gasteiger partial charge in [0, 0.05) is 6.42 Å². The molecule has 0 heterocycles. The van der Waals surface area contributed by atoms with Crippen molar-refractivity contribution in [1.82, 2.24) is 0 Å². The van der Waals surface area contributed by atoms with Crippen LogP contribution in [0.2, 0.25) is 0 Å². The van der Waals surface area contributed by atoms with E-state index in [9.17, 15) is 17.8 Å². The van der Waals surface area contributed by atoms with Gasteiger partial charge >= 0.3 is 35.5 Å². The normalized spacial score (nSPS) is 12.4. The molecule has 5 nitrogen and oxygen atoms in total. The third-order valence-electron chi connectivity index (χ3n) is 4.44. The summed E-state index contributed by atoms with van der Waals surface area (Å²) in [6.07, 6.45) is 17.4. The monoisotopic (exact) mass is 400 g/mol. The van der Waals surface area contributed by atoms with Crippen molar-refractivity contribution in [3.63, 3.8) is 0 Å². The van der Waals surface area contributed by atoms with E-state index in [1.807, 2.05) is 0 Å². The molecular weight excluding hydrogens is 363 g/mol. The Hall–Kier alpha value is 0.380. The van der Waals surface area contributed by atoms with Crippen LogP contribution in [0, 0.1) is 0 Å². The fourth-order valence-corrected chi connectivity index (χ4v) is 2.99. The van der Waals surface area contributed by atoms with E-state index in [4.69, 9.17) is 0 Å². The van der Waals surface area contributed by atoms with Crippen LogP contribution in [0.5, 0.6) is 0 Å². The van der Waals surface area contributed by atoms with Crippen LogP contribution in [0.1, 0.15) is 110 Å². The van der Waals surface area contributed by atoms with E-state index in [1.54, 1.807) is 0 Å². The molecule has 0 aliphatic heterocycles. The molecule has 0 aromatic rings. The van der Waals surface area contributed by atoms with Gasteiger partial charge in [0.1, 0.15) is 10.1 Å². The van der Waals surface area contributed by atoms with Crippen LogP contribution < -0.4 is 29.6 Å². The van der Waals surface area contributed by atoms with Gasteiger partial charge in [0.2, 0.25) is 0 Å². The molecule has 150 valence electrons. The number of hydrogen-bond donors (Lipinski definition) is 0. The van der Waals surface area contributed by atoms with Gasteiger partial charge in [-0.1, -0.05) is 90.4 Å². The predicted molar refractivity (Wildman–Crippen MR) is 100 cm³/mol. The summed E-state index contributed by atoms with van der Waals surface area (Å²) in [5.74, 6) is -0.606. The molecule has 0 aromatic carbocycles. The van der Waals surface area contributed by atoms with Gasteiger partial charge in [-0.2, -0.15) is 0 Å². The average molecular weight is 401 g/mol. The van der Waals surface area contributed by atoms with Gasteiger partial charge in [-0.15, -0.1) is 0 Å². The Morgan fingerprint density at radius 2 is 1.15 bits per heavy atom. The topological polar surface area (TPSA) is 83.5 Å². The molecule has 0 saturated heterocycles. The largest absolute Gasteiger partial charge is 1.00 e. The number of hydrogen-bond acceptors (Lipinski definition) is 5. The minimum Gasteiger partial charge on any atom is -0.745 e. The molecule has 0 bridgehead atoms. The fourth-order valence-electron chi connectivity index (χ4n) is 2.77. The van der Waals surface area contributed by atoms with E-state index in [-0.39, 0.29) is 36.0 Å². The first kappa shape index (κ1) is 28.6. The van der Waals surface area contributed by atoms with Crippen molar-refractivity contribution in [3.8, 4) is 0 Å². The molecule has 0 aliphatic rings. The number of carbonyl (C=O) groups is 1. The van der Waals surface area contributed by atoms with Gasteiger partial charge in [0.25, 0.3) is 0 Å². The molecule has 0 saturated carbocycles. The van der Waals surface area contributed by atoms with E-state index >= 15 is 0 Å². The molecule has 0 spiro atoms. The first-order valence-electron chi connectivity index (χ1n) is 10.0. The van der Waals surface area contributed by atoms with E-state index in [2.05, 4.69) is 11.7 Å². The van der Waals surface area contributed by atoms with Crippen molar-refractivity contribution in [1.29, 1.82) is 0 Å². The van der Waals surface area contributed by atoms with Gasteiger partial charge in [0.15, 0.2) is 5.44 Å². The summed E-state index contributed by atoms with van der Waals surface area (Å²) in [6, 6.07) is 0. The van der Waals surface area contributed by atoms with Gasteiger partial charge in [0.05, 0.1) is 0 Å². The summed E-state index contributed by atoms with van der Waals surface area (Å²) in [7, 11) is -4.55. The second-order valence-corrected chi connectivity index (χ2v) is 8.55. The van der Waals surface area contributed by atoms with Crippen molar-refractivity contribution in [2.75, 3.05) is 0 Å². The number of unbranched alkanes of at least 4 members (excludes halogenated alkanes) is 13. The molecule has 0 rings (SSSR count). The maximum absolute atomic E-state index is 11.4. The van der Waals surface area contributed by atoms with E-state index in [0.717, 1.165) is 19.8 Å². The number of rotatable bonds is 17. The van der Waals surface area contributed by atoms with Crippen molar-refractivity contribution >= 4 is 16.1 Å². The second-order valence-electron chi connectivity index (χ2n) is 6.90. The Kier molecular flexibility index (Phi) is 20.6. The molecule has 1 atom stereocenters. The van der Waals surface area contributed by atoms with Crippen LogP contribution in [0.3, 0.4) is 0 Å². The minimum atomic E-state index is -4.55. The molecule has 0 fully saturated rings. The van der Waals surface area contributed by atoms with Crippen molar-refractivity contribution in [2.24, 2.45) is 0 Å². The smallest absolute Gasteiger partial charge is 0.745 e. The van der Waals surface area contributed by atoms with Crippen molar-refractivity contribution < 1.29 is 52.1 Å². The van der Waals surface area contributed by atoms with Crippen LogP contribution in [-0.4, -0.2) is 24.4 Å². The molecule has 0 aliphatic carbocycles. The molecular formula is C19H37NaO5S. The Bertz CT molecular complexity index is 426. The SMILES string of the molecule is CCCCCCCCCCCCCCCCC(=O)OC(C)S(=O)(=O)[O-].[Na+]. The quantitative estimate of drug-likeness (QED) is 0.162. The molecule has 0 radical (unpaired) electrons. The zero-order valence-electron chi connectivity index (χ0n) is 17.1. The molecule has 0 amide bonds. The third-order valence-corrected chi connectivity index (χ3v) is 5.35. The summed E-state index contributed by atoms with van der Waals surface area (Å²) in [5.41, 5.74) is -1.59. The average Bonchev–Trinajstić information content (AvgIpc) is 2.54. The summed E-state index contributed by atoms with van der Waals surface area (Å²) >= 11 is 0. The van der Waals surface area contributed by atoms with Gasteiger partial charge in [-0.05, 0) is 13.3 Å². The van der Waals surface area contributed by atoms with Gasteiger partial charge < -0.3 is 9.29 Å². The van der Waals surface area contributed by atoms with Crippen LogP contribution in [0.4, 0.5) is 0 Å². The number of carbonyl (C=O) groups excluding carboxylic acids is 1. The molecule has 1 unspecified atom stereocenters. The fraction of sp³-hybridized carbons (Fsp3) is 0.947. The zero-order chi connectivity index (χ0) is 19.0. The summed E-state index contributed by atoms with van der Waals surface area (Å²) in [6.45, 7) is 3.33. The van der Waals surface area contributed by atoms with E-state index < -0.39 is 21.5 Å².